The summed E-state index contributed by atoms with van der Waals surface area (Å²) in [6.07, 6.45) is 8.56. The summed E-state index contributed by atoms with van der Waals surface area (Å²) in [6.45, 7) is 5.74. The first-order valence-electron chi connectivity index (χ1n) is 13.2. The molecule has 2 heterocycles. The van der Waals surface area contributed by atoms with Crippen molar-refractivity contribution in [3.05, 3.63) is 35.1 Å². The summed E-state index contributed by atoms with van der Waals surface area (Å²) < 4.78 is 19.5. The molecule has 8 heteroatoms. The van der Waals surface area contributed by atoms with E-state index in [1.807, 2.05) is 11.8 Å². The minimum atomic E-state index is -0.792. The molecule has 2 unspecified atom stereocenters. The largest absolute Gasteiger partial charge is 0.435 e. The molecule has 35 heavy (non-hydrogen) atoms. The van der Waals surface area contributed by atoms with Crippen LogP contribution in [0.1, 0.15) is 75.8 Å². The molecule has 1 aromatic carbocycles. The number of fused-ring (bicyclic) bond motifs is 1. The molecule has 190 valence electrons. The number of rotatable bonds is 4. The molecule has 7 nitrogen and oxygen atoms in total. The lowest BCUT2D eigenvalue weighted by molar-refractivity contribution is 0.0155. The summed E-state index contributed by atoms with van der Waals surface area (Å²) in [5.41, 5.74) is 3.88. The Hall–Kier alpha value is -2.64. The summed E-state index contributed by atoms with van der Waals surface area (Å²) in [4.78, 5) is 27.0. The maximum Gasteiger partial charge on any atom is 0.428 e. The van der Waals surface area contributed by atoms with Crippen molar-refractivity contribution in [2.75, 3.05) is 13.1 Å². The van der Waals surface area contributed by atoms with E-state index in [9.17, 15) is 14.0 Å². The molecule has 0 bridgehead atoms. The lowest BCUT2D eigenvalue weighted by atomic mass is 9.72. The van der Waals surface area contributed by atoms with Gasteiger partial charge >= 0.3 is 12.1 Å². The highest BCUT2D eigenvalue weighted by molar-refractivity contribution is 6.09. The smallest absolute Gasteiger partial charge is 0.428 e. The van der Waals surface area contributed by atoms with E-state index in [1.54, 1.807) is 6.07 Å². The molecular weight excluding hydrogens is 447 g/mol. The molecule has 3 fully saturated rings. The maximum absolute atomic E-state index is 13.7. The number of hydrogen-bond donors (Lipinski definition) is 2. The zero-order valence-corrected chi connectivity index (χ0v) is 20.8. The second kappa shape index (κ2) is 9.78. The molecule has 1 saturated heterocycles. The predicted molar refractivity (Wildman–Crippen MR) is 132 cm³/mol. The molecule has 2 aliphatic carbocycles. The first kappa shape index (κ1) is 24.1. The Morgan fingerprint density at radius 3 is 2.57 bits per heavy atom. The van der Waals surface area contributed by atoms with E-state index in [1.165, 1.54) is 37.8 Å². The molecule has 3 amide bonds. The van der Waals surface area contributed by atoms with Gasteiger partial charge in [-0.05, 0) is 100 Å². The van der Waals surface area contributed by atoms with Gasteiger partial charge in [0.15, 0.2) is 5.60 Å². The van der Waals surface area contributed by atoms with Gasteiger partial charge in [0.1, 0.15) is 11.5 Å². The van der Waals surface area contributed by atoms with Crippen molar-refractivity contribution in [1.82, 2.24) is 15.6 Å². The number of halogens is 1. The molecule has 5 rings (SSSR count). The van der Waals surface area contributed by atoms with Crippen LogP contribution in [0.4, 0.5) is 14.0 Å². The quantitative estimate of drug-likeness (QED) is 0.622. The molecule has 0 radical (unpaired) electrons. The molecule has 0 aromatic heterocycles. The first-order valence-corrected chi connectivity index (χ1v) is 13.2. The lowest BCUT2D eigenvalue weighted by Crippen LogP contribution is -2.52. The van der Waals surface area contributed by atoms with Gasteiger partial charge in [-0.15, -0.1) is 0 Å². The zero-order chi connectivity index (χ0) is 24.6. The number of urea groups is 1. The molecule has 1 aromatic rings. The number of carbonyl (C=O) groups is 2. The van der Waals surface area contributed by atoms with Crippen LogP contribution in [0.15, 0.2) is 23.3 Å². The molecule has 1 spiro atoms. The number of nitrogens with zero attached hydrogens (tertiary/aromatic N) is 2. The third-order valence-corrected chi connectivity index (χ3v) is 8.66. The number of carbonyl (C=O) groups excluding carboxylic acids is 2. The summed E-state index contributed by atoms with van der Waals surface area (Å²) in [5.74, 6) is 1.51. The first-order chi connectivity index (χ1) is 16.8. The van der Waals surface area contributed by atoms with Crippen molar-refractivity contribution in [2.24, 2.45) is 22.9 Å². The van der Waals surface area contributed by atoms with Crippen molar-refractivity contribution in [3.8, 4) is 0 Å². The Bertz CT molecular complexity index is 990. The number of amides is 3. The van der Waals surface area contributed by atoms with Crippen molar-refractivity contribution in [1.29, 1.82) is 0 Å². The van der Waals surface area contributed by atoms with E-state index < -0.39 is 11.7 Å². The van der Waals surface area contributed by atoms with Gasteiger partial charge in [0.05, 0.1) is 0 Å². The molecule has 2 saturated carbocycles. The van der Waals surface area contributed by atoms with Gasteiger partial charge in [-0.2, -0.15) is 5.10 Å². The minimum Gasteiger partial charge on any atom is -0.435 e. The van der Waals surface area contributed by atoms with Gasteiger partial charge in [0.25, 0.3) is 0 Å². The van der Waals surface area contributed by atoms with Crippen molar-refractivity contribution >= 4 is 17.8 Å². The van der Waals surface area contributed by atoms with Gasteiger partial charge in [0.2, 0.25) is 0 Å². The summed E-state index contributed by atoms with van der Waals surface area (Å²) in [7, 11) is 0. The van der Waals surface area contributed by atoms with Crippen LogP contribution in [0.5, 0.6) is 0 Å². The molecular formula is C27H37FN4O3. The number of benzene rings is 1. The van der Waals surface area contributed by atoms with Crippen LogP contribution in [0, 0.1) is 30.5 Å². The summed E-state index contributed by atoms with van der Waals surface area (Å²) >= 11 is 0. The summed E-state index contributed by atoms with van der Waals surface area (Å²) in [5, 5.41) is 7.59. The van der Waals surface area contributed by atoms with Crippen LogP contribution >= 0.6 is 0 Å². The second-order valence-electron chi connectivity index (χ2n) is 11.2. The Balaban J connectivity index is 1.17. The Morgan fingerprint density at radius 2 is 1.91 bits per heavy atom. The lowest BCUT2D eigenvalue weighted by Gasteiger charge is -2.42. The highest BCUT2D eigenvalue weighted by atomic mass is 19.1. The molecule has 2 aliphatic heterocycles. The molecule has 2 N–H and O–H groups in total. The highest BCUT2D eigenvalue weighted by Crippen LogP contribution is 2.41. The number of nitrogens with one attached hydrogen (secondary N) is 2. The third-order valence-electron chi connectivity index (χ3n) is 8.66. The highest BCUT2D eigenvalue weighted by Gasteiger charge is 2.47. The number of hydrogen-bond acceptors (Lipinski definition) is 4. The zero-order valence-electron chi connectivity index (χ0n) is 20.8. The monoisotopic (exact) mass is 484 g/mol. The number of hydrazone groups is 1. The molecule has 3 atom stereocenters. The van der Waals surface area contributed by atoms with Crippen LogP contribution in [-0.4, -0.2) is 47.5 Å². The Labute approximate surface area is 206 Å². The van der Waals surface area contributed by atoms with Gasteiger partial charge in [0, 0.05) is 24.7 Å². The fraction of sp³-hybridized carbons (Fsp3) is 0.667. The Kier molecular flexibility index (Phi) is 6.73. The van der Waals surface area contributed by atoms with E-state index in [2.05, 4.69) is 22.8 Å². The average Bonchev–Trinajstić information content (AvgIpc) is 3.26. The number of ether oxygens (including phenoxy) is 1. The van der Waals surface area contributed by atoms with Gasteiger partial charge in [-0.3, -0.25) is 0 Å². The molecule has 4 aliphatic rings. The standard InChI is InChI=1S/C27H37FN4O3/c1-17-13-22(28)7-8-23(17)24-27(35-26(34)31-30-24)11-9-19(10-12-27)14-18(2)29-25(33)32-15-20-5-3-4-6-21(20)16-32/h7-8,13,18-21H,3-6,9-12,14-16H2,1-2H3,(H,29,33)(H,31,34)/t18-,19?,20?,21?,27?/m0/s1. The van der Waals surface area contributed by atoms with Crippen LogP contribution in [0.3, 0.4) is 0 Å². The normalized spacial score (nSPS) is 31.3. The topological polar surface area (TPSA) is 83.0 Å². The Morgan fingerprint density at radius 1 is 1.23 bits per heavy atom. The van der Waals surface area contributed by atoms with Gasteiger partial charge in [-0.25, -0.2) is 19.4 Å². The maximum atomic E-state index is 13.7. The van der Waals surface area contributed by atoms with Crippen molar-refractivity contribution in [2.45, 2.75) is 83.3 Å². The predicted octanol–water partition coefficient (Wildman–Crippen LogP) is 5.12. The van der Waals surface area contributed by atoms with E-state index in [0.29, 0.717) is 36.3 Å². The summed E-state index contributed by atoms with van der Waals surface area (Å²) in [6, 6.07) is 4.78. The fourth-order valence-electron chi connectivity index (χ4n) is 6.80. The van der Waals surface area contributed by atoms with E-state index in [0.717, 1.165) is 43.5 Å². The van der Waals surface area contributed by atoms with Crippen LogP contribution in [0.2, 0.25) is 0 Å². The minimum absolute atomic E-state index is 0.0765. The van der Waals surface area contributed by atoms with E-state index >= 15 is 0 Å². The third kappa shape index (κ3) is 5.02. The number of likely N-dealkylation sites (tertiary alicyclic amines) is 1. The van der Waals surface area contributed by atoms with E-state index in [4.69, 9.17) is 4.74 Å². The van der Waals surface area contributed by atoms with E-state index in [-0.39, 0.29) is 17.9 Å². The van der Waals surface area contributed by atoms with Gasteiger partial charge in [-0.1, -0.05) is 12.8 Å². The second-order valence-corrected chi connectivity index (χ2v) is 11.2. The average molecular weight is 485 g/mol. The fourth-order valence-corrected chi connectivity index (χ4v) is 6.80. The SMILES string of the molecule is Cc1cc(F)ccc1C1=NNC(=O)OC12CCC(C[C@H](C)NC(=O)N1CC3CCCCC3C1)CC2. The van der Waals surface area contributed by atoms with Crippen molar-refractivity contribution in [3.63, 3.8) is 0 Å². The van der Waals surface area contributed by atoms with Crippen LogP contribution in [-0.2, 0) is 4.74 Å². The van der Waals surface area contributed by atoms with Crippen molar-refractivity contribution < 1.29 is 18.7 Å². The van der Waals surface area contributed by atoms with Crippen LogP contribution < -0.4 is 10.7 Å². The van der Waals surface area contributed by atoms with Crippen LogP contribution in [0.25, 0.3) is 0 Å². The van der Waals surface area contributed by atoms with Gasteiger partial charge < -0.3 is 15.0 Å². The number of aryl methyl sites for hydroxylation is 1.